The Morgan fingerprint density at radius 3 is 2.86 bits per heavy atom. The zero-order valence-corrected chi connectivity index (χ0v) is 17.3. The van der Waals surface area contributed by atoms with E-state index in [9.17, 15) is 14.7 Å². The van der Waals surface area contributed by atoms with Crippen molar-refractivity contribution in [2.24, 2.45) is 0 Å². The van der Waals surface area contributed by atoms with E-state index in [4.69, 9.17) is 0 Å². The minimum Gasteiger partial charge on any atom is -0.467 e. The Morgan fingerprint density at radius 1 is 1.34 bits per heavy atom. The van der Waals surface area contributed by atoms with Gasteiger partial charge < -0.3 is 15.2 Å². The van der Waals surface area contributed by atoms with Gasteiger partial charge in [-0.15, -0.1) is 23.1 Å². The molecule has 1 aliphatic rings. The molecule has 1 atom stereocenters. The van der Waals surface area contributed by atoms with Gasteiger partial charge in [-0.05, 0) is 11.6 Å². The highest BCUT2D eigenvalue weighted by Crippen LogP contribution is 2.42. The summed E-state index contributed by atoms with van der Waals surface area (Å²) in [6.07, 6.45) is 2.49. The van der Waals surface area contributed by atoms with E-state index in [0.717, 1.165) is 17.8 Å². The van der Waals surface area contributed by atoms with E-state index in [2.05, 4.69) is 33.2 Å². The zero-order chi connectivity index (χ0) is 20.4. The molecule has 0 spiro atoms. The fourth-order valence-corrected chi connectivity index (χ4v) is 5.65. The number of carbonyl (C=O) groups excluding carboxylic acids is 2. The monoisotopic (exact) mass is 429 g/mol. The van der Waals surface area contributed by atoms with E-state index >= 15 is 0 Å². The van der Waals surface area contributed by atoms with Gasteiger partial charge in [0.25, 0.3) is 5.91 Å². The van der Waals surface area contributed by atoms with Crippen molar-refractivity contribution in [3.63, 3.8) is 0 Å². The summed E-state index contributed by atoms with van der Waals surface area (Å²) >= 11 is 3.42. The predicted octanol–water partition coefficient (Wildman–Crippen LogP) is 2.39. The second-order valence-electron chi connectivity index (χ2n) is 6.48. The number of esters is 1. The Kier molecular flexibility index (Phi) is 5.70. The Hall–Kier alpha value is -2.62. The molecular formula is C20H19N3O4S2. The maximum Gasteiger partial charge on any atom is 0.330 e. The van der Waals surface area contributed by atoms with Gasteiger partial charge in [0.05, 0.1) is 29.3 Å². The molecule has 150 valence electrons. The van der Waals surface area contributed by atoms with Crippen molar-refractivity contribution in [2.75, 3.05) is 13.7 Å². The fourth-order valence-electron chi connectivity index (χ4n) is 3.16. The first-order chi connectivity index (χ1) is 14.1. The number of fused-ring (bicyclic) bond motifs is 3. The summed E-state index contributed by atoms with van der Waals surface area (Å²) in [7, 11) is 1.21. The average Bonchev–Trinajstić information content (AvgIpc) is 3.35. The number of aliphatic hydroxyl groups excluding tert-OH is 1. The third kappa shape index (κ3) is 3.93. The minimum absolute atomic E-state index is 0.251. The van der Waals surface area contributed by atoms with E-state index in [1.165, 1.54) is 21.8 Å². The van der Waals surface area contributed by atoms with Crippen LogP contribution in [0, 0.1) is 0 Å². The van der Waals surface area contributed by atoms with Crippen molar-refractivity contribution in [1.29, 1.82) is 0 Å². The van der Waals surface area contributed by atoms with Gasteiger partial charge in [0.1, 0.15) is 6.33 Å². The lowest BCUT2D eigenvalue weighted by Gasteiger charge is -2.16. The van der Waals surface area contributed by atoms with Crippen LogP contribution in [-0.2, 0) is 21.7 Å². The van der Waals surface area contributed by atoms with E-state index in [1.54, 1.807) is 29.4 Å². The summed E-state index contributed by atoms with van der Waals surface area (Å²) in [6, 6.07) is 11.3. The molecule has 2 N–H and O–H groups in total. The van der Waals surface area contributed by atoms with Crippen molar-refractivity contribution >= 4 is 35.0 Å². The third-order valence-corrected chi connectivity index (χ3v) is 7.02. The van der Waals surface area contributed by atoms with Gasteiger partial charge in [0.15, 0.2) is 11.7 Å². The molecular weight excluding hydrogens is 410 g/mol. The lowest BCUT2D eigenvalue weighted by atomic mass is 10.1. The maximum atomic E-state index is 12.6. The number of benzene rings is 1. The van der Waals surface area contributed by atoms with E-state index in [0.29, 0.717) is 5.75 Å². The number of carbonyl (C=O) groups is 2. The standard InChI is InChI=1S/C20H19N3O4S2/c1-27-19(26)14(9-24)22-18(25)17-16-10-28-20-15(23(16)11-21-17)8-13(29-20)7-12-5-3-2-4-6-12/h2-6,8,11,14,24H,7,9-10H2,1H3,(H,22,25). The van der Waals surface area contributed by atoms with Gasteiger partial charge in [-0.25, -0.2) is 9.78 Å². The molecule has 3 heterocycles. The van der Waals surface area contributed by atoms with Crippen LogP contribution in [0.25, 0.3) is 5.69 Å². The molecule has 1 aromatic carbocycles. The molecule has 0 radical (unpaired) electrons. The molecule has 0 saturated carbocycles. The average molecular weight is 430 g/mol. The molecule has 0 fully saturated rings. The Balaban J connectivity index is 1.57. The number of ether oxygens (including phenoxy) is 1. The number of nitrogens with zero attached hydrogens (tertiary/aromatic N) is 2. The lowest BCUT2D eigenvalue weighted by molar-refractivity contribution is -0.143. The number of aliphatic hydroxyl groups is 1. The summed E-state index contributed by atoms with van der Waals surface area (Å²) in [6.45, 7) is -0.541. The summed E-state index contributed by atoms with van der Waals surface area (Å²) in [5, 5.41) is 11.8. The van der Waals surface area contributed by atoms with Crippen molar-refractivity contribution in [3.05, 3.63) is 64.6 Å². The fraction of sp³-hybridized carbons (Fsp3) is 0.250. The molecule has 1 amide bonds. The van der Waals surface area contributed by atoms with E-state index in [-0.39, 0.29) is 5.69 Å². The number of nitrogens with one attached hydrogen (secondary N) is 1. The van der Waals surface area contributed by atoms with Gasteiger partial charge in [0.2, 0.25) is 0 Å². The van der Waals surface area contributed by atoms with Crippen LogP contribution in [0.15, 0.2) is 46.9 Å². The first-order valence-corrected chi connectivity index (χ1v) is 10.8. The largest absolute Gasteiger partial charge is 0.467 e. The van der Waals surface area contributed by atoms with Gasteiger partial charge >= 0.3 is 5.97 Å². The minimum atomic E-state index is -1.12. The van der Waals surface area contributed by atoms with E-state index < -0.39 is 24.5 Å². The van der Waals surface area contributed by atoms with E-state index in [1.807, 2.05) is 22.8 Å². The smallest absolute Gasteiger partial charge is 0.330 e. The van der Waals surface area contributed by atoms with Crippen LogP contribution in [0.3, 0.4) is 0 Å². The first kappa shape index (κ1) is 19.7. The van der Waals surface area contributed by atoms with Crippen molar-refractivity contribution in [2.45, 2.75) is 22.4 Å². The molecule has 1 unspecified atom stereocenters. The van der Waals surface area contributed by atoms with Crippen LogP contribution in [0.5, 0.6) is 0 Å². The Morgan fingerprint density at radius 2 is 2.14 bits per heavy atom. The van der Waals surface area contributed by atoms with Gasteiger partial charge in [-0.2, -0.15) is 0 Å². The molecule has 2 aromatic heterocycles. The van der Waals surface area contributed by atoms with Crippen LogP contribution >= 0.6 is 23.1 Å². The number of rotatable bonds is 6. The number of amides is 1. The first-order valence-electron chi connectivity index (χ1n) is 8.96. The topological polar surface area (TPSA) is 93.4 Å². The van der Waals surface area contributed by atoms with Crippen molar-refractivity contribution < 1.29 is 19.4 Å². The summed E-state index contributed by atoms with van der Waals surface area (Å²) in [4.78, 5) is 29.8. The SMILES string of the molecule is COC(=O)C(CO)NC(=O)c1ncn2c1CSc1sc(Cc3ccccc3)cc1-2. The number of imidazole rings is 1. The molecule has 0 aliphatic carbocycles. The molecule has 4 rings (SSSR count). The number of hydrogen-bond acceptors (Lipinski definition) is 7. The number of methoxy groups -OCH3 is 1. The summed E-state index contributed by atoms with van der Waals surface area (Å²) in [5.41, 5.74) is 3.29. The second kappa shape index (κ2) is 8.40. The maximum absolute atomic E-state index is 12.6. The van der Waals surface area contributed by atoms with Gasteiger partial charge in [-0.1, -0.05) is 30.3 Å². The molecule has 7 nitrogen and oxygen atoms in total. The molecule has 3 aromatic rings. The van der Waals surface area contributed by atoms with Crippen LogP contribution in [-0.4, -0.2) is 46.3 Å². The molecule has 1 aliphatic heterocycles. The van der Waals surface area contributed by atoms with Crippen LogP contribution < -0.4 is 5.32 Å². The normalized spacial score (nSPS) is 13.3. The van der Waals surface area contributed by atoms with Crippen LogP contribution in [0.2, 0.25) is 0 Å². The summed E-state index contributed by atoms with van der Waals surface area (Å²) < 4.78 is 7.71. The highest BCUT2D eigenvalue weighted by atomic mass is 32.2. The Bertz CT molecular complexity index is 1050. The predicted molar refractivity (Wildman–Crippen MR) is 111 cm³/mol. The van der Waals surface area contributed by atoms with Crippen LogP contribution in [0.4, 0.5) is 0 Å². The highest BCUT2D eigenvalue weighted by Gasteiger charge is 2.28. The summed E-state index contributed by atoms with van der Waals surface area (Å²) in [5.74, 6) is -0.607. The quantitative estimate of drug-likeness (QED) is 0.585. The van der Waals surface area contributed by atoms with Crippen molar-refractivity contribution in [1.82, 2.24) is 14.9 Å². The van der Waals surface area contributed by atoms with Gasteiger partial charge in [0, 0.05) is 17.1 Å². The zero-order valence-electron chi connectivity index (χ0n) is 15.6. The molecule has 0 saturated heterocycles. The number of aromatic nitrogens is 2. The second-order valence-corrected chi connectivity index (χ2v) is 8.86. The lowest BCUT2D eigenvalue weighted by Crippen LogP contribution is -2.44. The van der Waals surface area contributed by atoms with Crippen LogP contribution in [0.1, 0.15) is 26.6 Å². The van der Waals surface area contributed by atoms with Gasteiger partial charge in [-0.3, -0.25) is 9.36 Å². The number of thioether (sulfide) groups is 1. The number of thiophene rings is 1. The number of hydrogen-bond donors (Lipinski definition) is 2. The third-order valence-electron chi connectivity index (χ3n) is 4.61. The molecule has 9 heteroatoms. The highest BCUT2D eigenvalue weighted by molar-refractivity contribution is 8.00. The molecule has 0 bridgehead atoms. The molecule has 29 heavy (non-hydrogen) atoms. The van der Waals surface area contributed by atoms with Crippen molar-refractivity contribution in [3.8, 4) is 5.69 Å². The Labute approximate surface area is 175 Å².